The Hall–Kier alpha value is -1.22. The largest absolute Gasteiger partial charge is 0.277 e. The molecule has 1 atom stereocenters. The van der Waals surface area contributed by atoms with Gasteiger partial charge in [-0.2, -0.15) is 0 Å². The van der Waals surface area contributed by atoms with E-state index in [1.54, 1.807) is 37.3 Å². The van der Waals surface area contributed by atoms with Crippen LogP contribution in [-0.4, -0.2) is 11.3 Å². The maximum Gasteiger partial charge on any atom is 0.249 e. The molecule has 2 nitrogen and oxygen atoms in total. The number of alkyl halides is 1. The maximum atomic E-state index is 12.4. The quantitative estimate of drug-likeness (QED) is 0.701. The molecular weight excluding hydrogens is 317 g/mol. The van der Waals surface area contributed by atoms with Gasteiger partial charge in [0.25, 0.3) is 0 Å². The summed E-state index contributed by atoms with van der Waals surface area (Å²) in [7, 11) is 0. The van der Waals surface area contributed by atoms with Crippen molar-refractivity contribution < 1.29 is 4.79 Å². The van der Waals surface area contributed by atoms with E-state index in [9.17, 15) is 4.79 Å². The molecule has 0 aliphatic carbocycles. The summed E-state index contributed by atoms with van der Waals surface area (Å²) < 4.78 is 0. The molecule has 0 aliphatic heterocycles. The zero-order valence-electron chi connectivity index (χ0n) is 10.7. The highest BCUT2D eigenvalue weighted by atomic mass is 35.5. The summed E-state index contributed by atoms with van der Waals surface area (Å²) in [5.41, 5.74) is 1.11. The Balaban J connectivity index is 2.61. The lowest BCUT2D eigenvalue weighted by Gasteiger charge is -2.26. The van der Waals surface area contributed by atoms with Crippen LogP contribution in [0.1, 0.15) is 6.92 Å². The molecule has 104 valence electrons. The summed E-state index contributed by atoms with van der Waals surface area (Å²) in [4.78, 5) is 13.9. The van der Waals surface area contributed by atoms with Crippen LogP contribution >= 0.6 is 34.8 Å². The molecule has 0 saturated heterocycles. The molecule has 5 heteroatoms. The van der Waals surface area contributed by atoms with Crippen molar-refractivity contribution in [1.82, 2.24) is 0 Å². The van der Waals surface area contributed by atoms with Crippen molar-refractivity contribution in [3.05, 3.63) is 58.6 Å². The summed E-state index contributed by atoms with van der Waals surface area (Å²) in [5, 5.41) is 0.0987. The van der Waals surface area contributed by atoms with Crippen molar-refractivity contribution in [1.29, 1.82) is 0 Å². The van der Waals surface area contributed by atoms with Crippen LogP contribution in [0, 0.1) is 0 Å². The number of hydrogen-bond donors (Lipinski definition) is 0. The summed E-state index contributed by atoms with van der Waals surface area (Å²) in [6.07, 6.45) is 0. The first-order valence-corrected chi connectivity index (χ1v) is 7.18. The Kier molecular flexibility index (Phi) is 4.92. The maximum absolute atomic E-state index is 12.4. The molecule has 2 rings (SSSR count). The summed E-state index contributed by atoms with van der Waals surface area (Å²) in [5.74, 6) is -0.284. The van der Waals surface area contributed by atoms with Crippen LogP contribution in [0.15, 0.2) is 48.5 Å². The molecule has 0 fully saturated rings. The molecule has 1 unspecified atom stereocenters. The van der Waals surface area contributed by atoms with E-state index in [1.807, 2.05) is 18.2 Å². The Morgan fingerprint density at radius 1 is 1.00 bits per heavy atom. The second kappa shape index (κ2) is 6.49. The lowest BCUT2D eigenvalue weighted by Crippen LogP contribution is -2.32. The second-order valence-corrected chi connectivity index (χ2v) is 5.66. The normalized spacial score (nSPS) is 12.0. The molecule has 0 heterocycles. The van der Waals surface area contributed by atoms with Crippen molar-refractivity contribution in [3.8, 4) is 0 Å². The number of para-hydroxylation sites is 2. The lowest BCUT2D eigenvalue weighted by molar-refractivity contribution is -0.117. The van der Waals surface area contributed by atoms with Crippen LogP contribution < -0.4 is 4.90 Å². The lowest BCUT2D eigenvalue weighted by atomic mass is 10.2. The monoisotopic (exact) mass is 327 g/mol. The third-order valence-electron chi connectivity index (χ3n) is 2.74. The minimum Gasteiger partial charge on any atom is -0.277 e. The summed E-state index contributed by atoms with van der Waals surface area (Å²) in [6, 6.07) is 14.2. The molecule has 2 aromatic carbocycles. The number of halogens is 3. The zero-order chi connectivity index (χ0) is 14.7. The molecular formula is C15H12Cl3NO. The van der Waals surface area contributed by atoms with Gasteiger partial charge in [-0.3, -0.25) is 9.69 Å². The standard InChI is InChI=1S/C15H12Cl3NO/c1-10(16)15(20)19(11-6-3-2-4-7-11)14-12(17)8-5-9-13(14)18/h2-10H,1H3. The first-order chi connectivity index (χ1) is 9.52. The Bertz CT molecular complexity index is 594. The summed E-state index contributed by atoms with van der Waals surface area (Å²) >= 11 is 18.4. The highest BCUT2D eigenvalue weighted by Gasteiger charge is 2.25. The topological polar surface area (TPSA) is 20.3 Å². The van der Waals surface area contributed by atoms with Crippen LogP contribution in [0.3, 0.4) is 0 Å². The van der Waals surface area contributed by atoms with E-state index in [1.165, 1.54) is 4.90 Å². The zero-order valence-corrected chi connectivity index (χ0v) is 13.0. The fourth-order valence-corrected chi connectivity index (χ4v) is 2.49. The number of anilines is 2. The van der Waals surface area contributed by atoms with E-state index in [0.717, 1.165) is 0 Å². The molecule has 20 heavy (non-hydrogen) atoms. The van der Waals surface area contributed by atoms with Gasteiger partial charge in [0.15, 0.2) is 0 Å². The van der Waals surface area contributed by atoms with E-state index in [2.05, 4.69) is 0 Å². The number of carbonyl (C=O) groups is 1. The third kappa shape index (κ3) is 3.09. The van der Waals surface area contributed by atoms with Crippen LogP contribution in [0.25, 0.3) is 0 Å². The van der Waals surface area contributed by atoms with Crippen LogP contribution in [0.2, 0.25) is 10.0 Å². The predicted octanol–water partition coefficient (Wildman–Crippen LogP) is 5.29. The average Bonchev–Trinajstić information content (AvgIpc) is 2.43. The van der Waals surface area contributed by atoms with Gasteiger partial charge in [0, 0.05) is 5.69 Å². The molecule has 0 aromatic heterocycles. The van der Waals surface area contributed by atoms with Crippen LogP contribution in [0.4, 0.5) is 11.4 Å². The Morgan fingerprint density at radius 2 is 1.55 bits per heavy atom. The van der Waals surface area contributed by atoms with Gasteiger partial charge in [-0.25, -0.2) is 0 Å². The van der Waals surface area contributed by atoms with Gasteiger partial charge in [-0.1, -0.05) is 47.5 Å². The highest BCUT2D eigenvalue weighted by Crippen LogP contribution is 2.38. The smallest absolute Gasteiger partial charge is 0.249 e. The van der Waals surface area contributed by atoms with Gasteiger partial charge in [0.1, 0.15) is 5.38 Å². The minimum atomic E-state index is -0.692. The Morgan fingerprint density at radius 3 is 2.05 bits per heavy atom. The van der Waals surface area contributed by atoms with E-state index in [-0.39, 0.29) is 5.91 Å². The molecule has 0 spiro atoms. The van der Waals surface area contributed by atoms with Crippen LogP contribution in [-0.2, 0) is 4.79 Å². The van der Waals surface area contributed by atoms with Gasteiger partial charge < -0.3 is 0 Å². The first kappa shape index (κ1) is 15.2. The highest BCUT2D eigenvalue weighted by molar-refractivity contribution is 6.41. The predicted molar refractivity (Wildman–Crippen MR) is 85.4 cm³/mol. The number of nitrogens with zero attached hydrogens (tertiary/aromatic N) is 1. The number of carbonyl (C=O) groups excluding carboxylic acids is 1. The average molecular weight is 329 g/mol. The fraction of sp³-hybridized carbons (Fsp3) is 0.133. The number of rotatable bonds is 3. The van der Waals surface area contributed by atoms with E-state index in [0.29, 0.717) is 21.4 Å². The molecule has 0 radical (unpaired) electrons. The number of benzene rings is 2. The molecule has 0 bridgehead atoms. The molecule has 0 saturated carbocycles. The minimum absolute atomic E-state index is 0.284. The third-order valence-corrected chi connectivity index (χ3v) is 3.53. The summed E-state index contributed by atoms with van der Waals surface area (Å²) in [6.45, 7) is 1.62. The van der Waals surface area contributed by atoms with Crippen molar-refractivity contribution in [2.75, 3.05) is 4.90 Å². The van der Waals surface area contributed by atoms with Crippen molar-refractivity contribution in [2.45, 2.75) is 12.3 Å². The number of hydrogen-bond acceptors (Lipinski definition) is 1. The van der Waals surface area contributed by atoms with Crippen molar-refractivity contribution in [2.24, 2.45) is 0 Å². The van der Waals surface area contributed by atoms with E-state index < -0.39 is 5.38 Å². The van der Waals surface area contributed by atoms with E-state index in [4.69, 9.17) is 34.8 Å². The molecule has 1 amide bonds. The SMILES string of the molecule is CC(Cl)C(=O)N(c1ccccc1)c1c(Cl)cccc1Cl. The first-order valence-electron chi connectivity index (χ1n) is 5.99. The van der Waals surface area contributed by atoms with Gasteiger partial charge in [0.2, 0.25) is 5.91 Å². The van der Waals surface area contributed by atoms with E-state index >= 15 is 0 Å². The van der Waals surface area contributed by atoms with Gasteiger partial charge in [-0.15, -0.1) is 11.6 Å². The second-order valence-electron chi connectivity index (χ2n) is 4.20. The molecule has 0 aliphatic rings. The van der Waals surface area contributed by atoms with Gasteiger partial charge >= 0.3 is 0 Å². The van der Waals surface area contributed by atoms with Gasteiger partial charge in [-0.05, 0) is 31.2 Å². The number of amides is 1. The van der Waals surface area contributed by atoms with Crippen molar-refractivity contribution >= 4 is 52.1 Å². The van der Waals surface area contributed by atoms with Gasteiger partial charge in [0.05, 0.1) is 15.7 Å². The van der Waals surface area contributed by atoms with Crippen molar-refractivity contribution in [3.63, 3.8) is 0 Å². The molecule has 2 aromatic rings. The Labute approximate surface area is 132 Å². The molecule has 0 N–H and O–H groups in total. The fourth-order valence-electron chi connectivity index (χ4n) is 1.82. The van der Waals surface area contributed by atoms with Crippen LogP contribution in [0.5, 0.6) is 0 Å².